The molecule has 0 bridgehead atoms. The van der Waals surface area contributed by atoms with Gasteiger partial charge in [0, 0.05) is 29.3 Å². The first-order valence-corrected chi connectivity index (χ1v) is 7.90. The topological polar surface area (TPSA) is 29.1 Å². The highest BCUT2D eigenvalue weighted by atomic mass is 16.1. The molecule has 0 heterocycles. The van der Waals surface area contributed by atoms with Crippen molar-refractivity contribution in [1.82, 2.24) is 5.32 Å². The smallest absolute Gasteiger partial charge is 0.161 e. The van der Waals surface area contributed by atoms with Crippen molar-refractivity contribution in [2.24, 2.45) is 5.92 Å². The summed E-state index contributed by atoms with van der Waals surface area (Å²) in [5, 5.41) is 3.54. The van der Waals surface area contributed by atoms with E-state index in [0.29, 0.717) is 5.92 Å². The van der Waals surface area contributed by atoms with Gasteiger partial charge in [-0.05, 0) is 30.4 Å². The quantitative estimate of drug-likeness (QED) is 0.923. The van der Waals surface area contributed by atoms with Crippen LogP contribution in [-0.2, 0) is 4.79 Å². The molecular formula is C20H19NO. The number of carbonyl (C=O) groups is 1. The first kappa shape index (κ1) is 13.3. The first-order chi connectivity index (χ1) is 10.7. The number of allylic oxidation sites excluding steroid dienone is 1. The summed E-state index contributed by atoms with van der Waals surface area (Å²) >= 11 is 0. The second kappa shape index (κ2) is 5.13. The van der Waals surface area contributed by atoms with Gasteiger partial charge in [-0.25, -0.2) is 0 Å². The standard InChI is InChI=1S/C20H19NO/c1-13(14-7-3-2-4-8-14)21-19-12-20(22)18-11-17(18)15-9-5-6-10-16(15)19/h2-10,12-13,17-18,21H,11H2,1H3. The van der Waals surface area contributed by atoms with Crippen LogP contribution in [0.15, 0.2) is 60.7 Å². The minimum absolute atomic E-state index is 0.169. The Morgan fingerprint density at radius 2 is 1.73 bits per heavy atom. The fourth-order valence-electron chi connectivity index (χ4n) is 3.42. The molecule has 1 N–H and O–H groups in total. The molecule has 2 heteroatoms. The molecule has 1 fully saturated rings. The van der Waals surface area contributed by atoms with Crippen molar-refractivity contribution in [1.29, 1.82) is 0 Å². The van der Waals surface area contributed by atoms with Crippen molar-refractivity contribution in [2.45, 2.75) is 25.3 Å². The third-order valence-electron chi connectivity index (χ3n) is 4.76. The van der Waals surface area contributed by atoms with Gasteiger partial charge in [0.05, 0.1) is 0 Å². The van der Waals surface area contributed by atoms with E-state index in [1.165, 1.54) is 16.7 Å². The Balaban J connectivity index is 1.69. The second-order valence-electron chi connectivity index (χ2n) is 6.27. The van der Waals surface area contributed by atoms with E-state index in [2.05, 4.69) is 48.6 Å². The molecule has 2 aromatic rings. The molecule has 4 rings (SSSR count). The molecule has 0 spiro atoms. The van der Waals surface area contributed by atoms with Gasteiger partial charge in [0.25, 0.3) is 0 Å². The van der Waals surface area contributed by atoms with Crippen LogP contribution in [-0.4, -0.2) is 5.78 Å². The zero-order valence-corrected chi connectivity index (χ0v) is 12.6. The predicted octanol–water partition coefficient (Wildman–Crippen LogP) is 4.06. The molecule has 3 unspecified atom stereocenters. The van der Waals surface area contributed by atoms with Crippen LogP contribution in [0.5, 0.6) is 0 Å². The van der Waals surface area contributed by atoms with Gasteiger partial charge in [-0.15, -0.1) is 0 Å². The Morgan fingerprint density at radius 1 is 1.00 bits per heavy atom. The zero-order chi connectivity index (χ0) is 15.1. The Morgan fingerprint density at radius 3 is 2.55 bits per heavy atom. The van der Waals surface area contributed by atoms with E-state index in [4.69, 9.17) is 0 Å². The number of ketones is 1. The van der Waals surface area contributed by atoms with E-state index in [1.807, 2.05) is 24.3 Å². The van der Waals surface area contributed by atoms with Crippen LogP contribution in [0.25, 0.3) is 5.70 Å². The van der Waals surface area contributed by atoms with Crippen LogP contribution in [0, 0.1) is 5.92 Å². The molecule has 0 saturated heterocycles. The molecule has 0 radical (unpaired) electrons. The summed E-state index contributed by atoms with van der Waals surface area (Å²) in [5.41, 5.74) is 4.69. The Hall–Kier alpha value is -2.35. The van der Waals surface area contributed by atoms with Crippen molar-refractivity contribution in [3.8, 4) is 0 Å². The van der Waals surface area contributed by atoms with Crippen molar-refractivity contribution in [3.05, 3.63) is 77.4 Å². The Bertz CT molecular complexity index is 747. The fourth-order valence-corrected chi connectivity index (χ4v) is 3.42. The number of fused-ring (bicyclic) bond motifs is 3. The molecule has 0 aromatic heterocycles. The largest absolute Gasteiger partial charge is 0.378 e. The van der Waals surface area contributed by atoms with Gasteiger partial charge in [0.15, 0.2) is 5.78 Å². The molecule has 0 aliphatic heterocycles. The summed E-state index contributed by atoms with van der Waals surface area (Å²) in [6.07, 6.45) is 2.82. The highest BCUT2D eigenvalue weighted by molar-refractivity contribution is 6.02. The summed E-state index contributed by atoms with van der Waals surface area (Å²) in [4.78, 5) is 12.3. The fraction of sp³-hybridized carbons (Fsp3) is 0.250. The summed E-state index contributed by atoms with van der Waals surface area (Å²) in [6.45, 7) is 2.13. The first-order valence-electron chi connectivity index (χ1n) is 7.90. The van der Waals surface area contributed by atoms with Crippen molar-refractivity contribution < 1.29 is 4.79 Å². The highest BCUT2D eigenvalue weighted by Crippen LogP contribution is 2.52. The third kappa shape index (κ3) is 2.25. The van der Waals surface area contributed by atoms with Crippen LogP contribution in [0.4, 0.5) is 0 Å². The number of hydrogen-bond donors (Lipinski definition) is 1. The molecule has 1 saturated carbocycles. The predicted molar refractivity (Wildman–Crippen MR) is 88.3 cm³/mol. The van der Waals surface area contributed by atoms with Gasteiger partial charge < -0.3 is 5.32 Å². The van der Waals surface area contributed by atoms with Gasteiger partial charge in [0.2, 0.25) is 0 Å². The lowest BCUT2D eigenvalue weighted by molar-refractivity contribution is -0.115. The molecule has 2 aromatic carbocycles. The monoisotopic (exact) mass is 289 g/mol. The van der Waals surface area contributed by atoms with E-state index < -0.39 is 0 Å². The number of benzene rings is 2. The van der Waals surface area contributed by atoms with Gasteiger partial charge in [-0.3, -0.25) is 4.79 Å². The maximum Gasteiger partial charge on any atom is 0.161 e. The summed E-state index contributed by atoms with van der Waals surface area (Å²) < 4.78 is 0. The number of carbonyl (C=O) groups excluding carboxylic acids is 1. The van der Waals surface area contributed by atoms with E-state index >= 15 is 0 Å². The van der Waals surface area contributed by atoms with Crippen LogP contribution >= 0.6 is 0 Å². The maximum atomic E-state index is 12.3. The third-order valence-corrected chi connectivity index (χ3v) is 4.76. The van der Waals surface area contributed by atoms with Crippen LogP contribution < -0.4 is 5.32 Å². The molecule has 2 aliphatic carbocycles. The minimum atomic E-state index is 0.169. The Kier molecular flexibility index (Phi) is 3.11. The second-order valence-corrected chi connectivity index (χ2v) is 6.27. The average molecular weight is 289 g/mol. The van der Waals surface area contributed by atoms with Crippen molar-refractivity contribution in [3.63, 3.8) is 0 Å². The molecule has 3 atom stereocenters. The summed E-state index contributed by atoms with van der Waals surface area (Å²) in [5.74, 6) is 0.891. The van der Waals surface area contributed by atoms with Crippen molar-refractivity contribution in [2.75, 3.05) is 0 Å². The molecular weight excluding hydrogens is 270 g/mol. The molecule has 0 amide bonds. The highest BCUT2D eigenvalue weighted by Gasteiger charge is 2.45. The van der Waals surface area contributed by atoms with Crippen LogP contribution in [0.1, 0.15) is 42.0 Å². The van der Waals surface area contributed by atoms with Gasteiger partial charge in [0.1, 0.15) is 0 Å². The normalized spacial score (nSPS) is 23.7. The van der Waals surface area contributed by atoms with Gasteiger partial charge >= 0.3 is 0 Å². The minimum Gasteiger partial charge on any atom is -0.378 e. The summed E-state index contributed by atoms with van der Waals surface area (Å²) in [7, 11) is 0. The average Bonchev–Trinajstić information content (AvgIpc) is 3.35. The molecule has 110 valence electrons. The van der Waals surface area contributed by atoms with Crippen LogP contribution in [0.2, 0.25) is 0 Å². The number of rotatable bonds is 3. The van der Waals surface area contributed by atoms with Crippen LogP contribution in [0.3, 0.4) is 0 Å². The van der Waals surface area contributed by atoms with E-state index in [0.717, 1.165) is 12.1 Å². The van der Waals surface area contributed by atoms with E-state index in [1.54, 1.807) is 0 Å². The maximum absolute atomic E-state index is 12.3. The lowest BCUT2D eigenvalue weighted by Crippen LogP contribution is -2.18. The van der Waals surface area contributed by atoms with Gasteiger partial charge in [-0.1, -0.05) is 54.6 Å². The summed E-state index contributed by atoms with van der Waals surface area (Å²) in [6, 6.07) is 18.9. The number of nitrogens with one attached hydrogen (secondary N) is 1. The van der Waals surface area contributed by atoms with Crippen molar-refractivity contribution >= 4 is 11.5 Å². The molecule has 2 nitrogen and oxygen atoms in total. The van der Waals surface area contributed by atoms with E-state index in [-0.39, 0.29) is 17.7 Å². The SMILES string of the molecule is CC(NC1=CC(=O)C2CC2c2ccccc21)c1ccccc1. The van der Waals surface area contributed by atoms with Gasteiger partial charge in [-0.2, -0.15) is 0 Å². The lowest BCUT2D eigenvalue weighted by atomic mass is 10.00. The lowest BCUT2D eigenvalue weighted by Gasteiger charge is -2.20. The molecule has 22 heavy (non-hydrogen) atoms. The number of hydrogen-bond acceptors (Lipinski definition) is 2. The molecule has 2 aliphatic rings. The Labute approximate surface area is 130 Å². The van der Waals surface area contributed by atoms with E-state index in [9.17, 15) is 4.79 Å². The zero-order valence-electron chi connectivity index (χ0n) is 12.6.